The largest absolute Gasteiger partial charge is 0.465 e. The van der Waals surface area contributed by atoms with Crippen molar-refractivity contribution in [1.29, 1.82) is 0 Å². The summed E-state index contributed by atoms with van der Waals surface area (Å²) in [5.41, 5.74) is 0.656. The van der Waals surface area contributed by atoms with Gasteiger partial charge in [-0.2, -0.15) is 0 Å². The fraction of sp³-hybridized carbons (Fsp3) is 0.385. The molecule has 96 valence electrons. The monoisotopic (exact) mass is 249 g/mol. The van der Waals surface area contributed by atoms with Crippen molar-refractivity contribution in [2.24, 2.45) is 0 Å². The van der Waals surface area contributed by atoms with Crippen LogP contribution < -0.4 is 5.32 Å². The van der Waals surface area contributed by atoms with E-state index in [1.807, 2.05) is 23.5 Å². The number of piperazine rings is 1. The van der Waals surface area contributed by atoms with Gasteiger partial charge in [-0.25, -0.2) is 4.79 Å². The number of methoxy groups -OCH3 is 1. The standard InChI is InChI=1S/C13H16N2O3/c1-18-13(17)11-9-15(8-7-14-11)12(16)10-5-3-2-4-6-10/h2-6,11,14H,7-9H2,1H3/p+1/t11-/m0/s1. The minimum Gasteiger partial charge on any atom is -0.465 e. The van der Waals surface area contributed by atoms with E-state index in [1.165, 1.54) is 7.11 Å². The molecule has 1 atom stereocenters. The summed E-state index contributed by atoms with van der Waals surface area (Å²) in [5.74, 6) is -0.307. The van der Waals surface area contributed by atoms with Gasteiger partial charge < -0.3 is 15.0 Å². The maximum absolute atomic E-state index is 12.2. The summed E-state index contributed by atoms with van der Waals surface area (Å²) >= 11 is 0. The number of amides is 1. The molecule has 5 nitrogen and oxygen atoms in total. The van der Waals surface area contributed by atoms with Gasteiger partial charge in [-0.1, -0.05) is 18.2 Å². The van der Waals surface area contributed by atoms with Crippen molar-refractivity contribution < 1.29 is 19.6 Å². The summed E-state index contributed by atoms with van der Waals surface area (Å²) in [6.07, 6.45) is 0. The molecule has 2 rings (SSSR count). The van der Waals surface area contributed by atoms with Crippen LogP contribution in [0.3, 0.4) is 0 Å². The van der Waals surface area contributed by atoms with Crippen molar-refractivity contribution >= 4 is 11.9 Å². The number of nitrogens with two attached hydrogens (primary N) is 1. The first-order valence-corrected chi connectivity index (χ1v) is 5.98. The first kappa shape index (κ1) is 12.6. The van der Waals surface area contributed by atoms with E-state index in [0.717, 1.165) is 6.54 Å². The molecule has 1 saturated heterocycles. The Balaban J connectivity index is 2.05. The summed E-state index contributed by atoms with van der Waals surface area (Å²) < 4.78 is 4.72. The number of ether oxygens (including phenoxy) is 1. The van der Waals surface area contributed by atoms with E-state index < -0.39 is 0 Å². The van der Waals surface area contributed by atoms with Gasteiger partial charge in [0.1, 0.15) is 0 Å². The fourth-order valence-electron chi connectivity index (χ4n) is 2.10. The Bertz CT molecular complexity index is 433. The quantitative estimate of drug-likeness (QED) is 0.701. The molecule has 0 aromatic heterocycles. The zero-order valence-electron chi connectivity index (χ0n) is 10.3. The molecule has 5 heteroatoms. The van der Waals surface area contributed by atoms with Gasteiger partial charge >= 0.3 is 5.97 Å². The first-order chi connectivity index (χ1) is 8.72. The number of benzene rings is 1. The van der Waals surface area contributed by atoms with E-state index in [-0.39, 0.29) is 17.9 Å². The van der Waals surface area contributed by atoms with Gasteiger partial charge in [-0.3, -0.25) is 4.79 Å². The van der Waals surface area contributed by atoms with E-state index in [0.29, 0.717) is 18.7 Å². The van der Waals surface area contributed by atoms with Crippen LogP contribution in [0.5, 0.6) is 0 Å². The minimum atomic E-state index is -0.309. The molecular weight excluding hydrogens is 232 g/mol. The molecule has 0 saturated carbocycles. The lowest BCUT2D eigenvalue weighted by Gasteiger charge is -2.29. The molecule has 1 aliphatic rings. The van der Waals surface area contributed by atoms with Crippen LogP contribution >= 0.6 is 0 Å². The van der Waals surface area contributed by atoms with Crippen LogP contribution in [-0.2, 0) is 9.53 Å². The Kier molecular flexibility index (Phi) is 3.94. The van der Waals surface area contributed by atoms with Gasteiger partial charge in [-0.05, 0) is 12.1 Å². The van der Waals surface area contributed by atoms with Crippen LogP contribution in [0.4, 0.5) is 0 Å². The predicted octanol–water partition coefficient (Wildman–Crippen LogP) is -0.753. The summed E-state index contributed by atoms with van der Waals surface area (Å²) in [7, 11) is 1.37. The lowest BCUT2D eigenvalue weighted by molar-refractivity contribution is -0.685. The zero-order valence-corrected chi connectivity index (χ0v) is 10.3. The molecular formula is C13H17N2O3+. The second-order valence-electron chi connectivity index (χ2n) is 4.27. The maximum Gasteiger partial charge on any atom is 0.366 e. The summed E-state index contributed by atoms with van der Waals surface area (Å²) in [6.45, 7) is 1.78. The third-order valence-electron chi connectivity index (χ3n) is 3.08. The molecule has 1 amide bonds. The van der Waals surface area contributed by atoms with Crippen LogP contribution in [0.2, 0.25) is 0 Å². The van der Waals surface area contributed by atoms with Gasteiger partial charge in [0, 0.05) is 5.56 Å². The highest BCUT2D eigenvalue weighted by Crippen LogP contribution is 2.06. The van der Waals surface area contributed by atoms with E-state index in [4.69, 9.17) is 4.74 Å². The average molecular weight is 249 g/mol. The molecule has 1 heterocycles. The molecule has 1 aliphatic heterocycles. The summed E-state index contributed by atoms with van der Waals surface area (Å²) in [4.78, 5) is 25.4. The van der Waals surface area contributed by atoms with E-state index in [1.54, 1.807) is 17.0 Å². The van der Waals surface area contributed by atoms with Gasteiger partial charge in [0.05, 0.1) is 26.7 Å². The fourth-order valence-corrected chi connectivity index (χ4v) is 2.10. The molecule has 0 radical (unpaired) electrons. The number of nitrogens with zero attached hydrogens (tertiary/aromatic N) is 1. The van der Waals surface area contributed by atoms with Crippen LogP contribution in [0.25, 0.3) is 0 Å². The van der Waals surface area contributed by atoms with Crippen LogP contribution in [-0.4, -0.2) is 49.6 Å². The van der Waals surface area contributed by atoms with Crippen molar-refractivity contribution in [2.45, 2.75) is 6.04 Å². The average Bonchev–Trinajstić information content (AvgIpc) is 2.46. The highest BCUT2D eigenvalue weighted by molar-refractivity contribution is 5.94. The third-order valence-corrected chi connectivity index (χ3v) is 3.08. The van der Waals surface area contributed by atoms with Crippen LogP contribution in [0.1, 0.15) is 10.4 Å². The second-order valence-corrected chi connectivity index (χ2v) is 4.27. The Labute approximate surface area is 106 Å². The van der Waals surface area contributed by atoms with E-state index in [2.05, 4.69) is 0 Å². The lowest BCUT2D eigenvalue weighted by Crippen LogP contribution is -2.97. The lowest BCUT2D eigenvalue weighted by atomic mass is 10.1. The highest BCUT2D eigenvalue weighted by atomic mass is 16.5. The Morgan fingerprint density at radius 1 is 1.33 bits per heavy atom. The van der Waals surface area contributed by atoms with Crippen molar-refractivity contribution in [1.82, 2.24) is 4.90 Å². The molecule has 0 spiro atoms. The van der Waals surface area contributed by atoms with E-state index >= 15 is 0 Å². The number of esters is 1. The van der Waals surface area contributed by atoms with Crippen LogP contribution in [0.15, 0.2) is 30.3 Å². The molecule has 0 bridgehead atoms. The van der Waals surface area contributed by atoms with Gasteiger partial charge in [0.15, 0.2) is 0 Å². The minimum absolute atomic E-state index is 0.0300. The molecule has 1 aromatic carbocycles. The molecule has 1 fully saturated rings. The molecule has 0 unspecified atom stereocenters. The topological polar surface area (TPSA) is 63.2 Å². The molecule has 1 aromatic rings. The Morgan fingerprint density at radius 3 is 2.72 bits per heavy atom. The van der Waals surface area contributed by atoms with Crippen molar-refractivity contribution in [3.63, 3.8) is 0 Å². The number of quaternary nitrogens is 1. The normalized spacial score (nSPS) is 19.4. The SMILES string of the molecule is COC(=O)[C@@H]1CN(C(=O)c2ccccc2)CC[NH2+]1. The number of rotatable bonds is 2. The molecule has 18 heavy (non-hydrogen) atoms. The van der Waals surface area contributed by atoms with E-state index in [9.17, 15) is 9.59 Å². The predicted molar refractivity (Wildman–Crippen MR) is 64.9 cm³/mol. The van der Waals surface area contributed by atoms with Gasteiger partial charge in [-0.15, -0.1) is 0 Å². The van der Waals surface area contributed by atoms with Crippen molar-refractivity contribution in [3.05, 3.63) is 35.9 Å². The number of carbonyl (C=O) groups is 2. The second kappa shape index (κ2) is 5.64. The summed E-state index contributed by atoms with van der Waals surface area (Å²) in [6, 6.07) is 8.80. The van der Waals surface area contributed by atoms with Crippen LogP contribution in [0, 0.1) is 0 Å². The first-order valence-electron chi connectivity index (χ1n) is 5.98. The zero-order chi connectivity index (χ0) is 13.0. The van der Waals surface area contributed by atoms with Gasteiger partial charge in [0.2, 0.25) is 6.04 Å². The van der Waals surface area contributed by atoms with Crippen molar-refractivity contribution in [3.8, 4) is 0 Å². The maximum atomic E-state index is 12.2. The third kappa shape index (κ3) is 2.68. The molecule has 2 N–H and O–H groups in total. The Hall–Kier alpha value is -1.88. The molecule has 0 aliphatic carbocycles. The Morgan fingerprint density at radius 2 is 2.06 bits per heavy atom. The van der Waals surface area contributed by atoms with Crippen molar-refractivity contribution in [2.75, 3.05) is 26.7 Å². The smallest absolute Gasteiger partial charge is 0.366 e. The van der Waals surface area contributed by atoms with Gasteiger partial charge in [0.25, 0.3) is 5.91 Å². The number of carbonyl (C=O) groups excluding carboxylic acids is 2. The number of hydrogen-bond acceptors (Lipinski definition) is 3. The highest BCUT2D eigenvalue weighted by Gasteiger charge is 2.32. The summed E-state index contributed by atoms with van der Waals surface area (Å²) in [5, 5.41) is 1.92. The number of hydrogen-bond donors (Lipinski definition) is 1.